The van der Waals surface area contributed by atoms with E-state index in [1.807, 2.05) is 6.92 Å². The summed E-state index contributed by atoms with van der Waals surface area (Å²) >= 11 is 0. The van der Waals surface area contributed by atoms with E-state index in [1.165, 1.54) is 5.06 Å². The second-order valence-corrected chi connectivity index (χ2v) is 3.05. The molecule has 6 nitrogen and oxygen atoms in total. The highest BCUT2D eigenvalue weighted by atomic mass is 16.7. The summed E-state index contributed by atoms with van der Waals surface area (Å²) in [5.41, 5.74) is 0. The Balaban J connectivity index is 2.09. The van der Waals surface area contributed by atoms with E-state index in [2.05, 4.69) is 15.2 Å². The van der Waals surface area contributed by atoms with Crippen molar-refractivity contribution in [1.82, 2.24) is 20.2 Å². The van der Waals surface area contributed by atoms with Gasteiger partial charge in [-0.2, -0.15) is 0 Å². The van der Waals surface area contributed by atoms with Gasteiger partial charge in [0.05, 0.1) is 13.2 Å². The molecule has 76 valence electrons. The first-order valence-electron chi connectivity index (χ1n) is 4.67. The Hall–Kier alpha value is -1.43. The predicted octanol–water partition coefficient (Wildman–Crippen LogP) is 0.145. The monoisotopic (exact) mass is 196 g/mol. The third kappa shape index (κ3) is 1.60. The van der Waals surface area contributed by atoms with E-state index in [9.17, 15) is 4.79 Å². The van der Waals surface area contributed by atoms with Crippen LogP contribution in [0.25, 0.3) is 0 Å². The number of hydroxylamine groups is 2. The quantitative estimate of drug-likeness (QED) is 0.730. The predicted molar refractivity (Wildman–Crippen MR) is 47.4 cm³/mol. The number of hydrogen-bond donors (Lipinski definition) is 1. The zero-order valence-electron chi connectivity index (χ0n) is 7.99. The first-order valence-corrected chi connectivity index (χ1v) is 4.67. The van der Waals surface area contributed by atoms with Gasteiger partial charge >= 0.3 is 5.91 Å². The number of amides is 1. The van der Waals surface area contributed by atoms with Gasteiger partial charge in [-0.05, 0) is 6.42 Å². The van der Waals surface area contributed by atoms with Crippen LogP contribution < -0.4 is 0 Å². The van der Waals surface area contributed by atoms with Crippen molar-refractivity contribution in [3.8, 4) is 0 Å². The Kier molecular flexibility index (Phi) is 2.45. The molecule has 1 saturated heterocycles. The minimum absolute atomic E-state index is 0.184. The number of hydrogen-bond acceptors (Lipinski definition) is 4. The molecule has 0 spiro atoms. The molecular formula is C8H12N4O2. The topological polar surface area (TPSA) is 71.1 Å². The lowest BCUT2D eigenvalue weighted by atomic mass is 10.4. The fraction of sp³-hybridized carbons (Fsp3) is 0.625. The minimum Gasteiger partial charge on any atom is -0.271 e. The standard InChI is InChI=1S/C8H12N4O2/c1-2-6-9-7(11-10-6)8(13)12-4-3-5-14-12/h2-5H2,1H3,(H,9,10,11). The Bertz CT molecular complexity index is 330. The maximum atomic E-state index is 11.6. The van der Waals surface area contributed by atoms with Crippen LogP contribution >= 0.6 is 0 Å². The molecule has 1 N–H and O–H groups in total. The second-order valence-electron chi connectivity index (χ2n) is 3.05. The number of carbonyl (C=O) groups excluding carboxylic acids is 1. The van der Waals surface area contributed by atoms with Gasteiger partial charge in [-0.3, -0.25) is 14.7 Å². The Morgan fingerprint density at radius 3 is 3.14 bits per heavy atom. The molecule has 1 aliphatic rings. The average molecular weight is 196 g/mol. The van der Waals surface area contributed by atoms with Crippen LogP contribution in [0.2, 0.25) is 0 Å². The highest BCUT2D eigenvalue weighted by Gasteiger charge is 2.24. The summed E-state index contributed by atoms with van der Waals surface area (Å²) in [6.45, 7) is 3.16. The first-order chi connectivity index (χ1) is 6.81. The number of aromatic nitrogens is 3. The largest absolute Gasteiger partial charge is 0.317 e. The third-order valence-electron chi connectivity index (χ3n) is 2.04. The van der Waals surface area contributed by atoms with E-state index in [4.69, 9.17) is 4.84 Å². The van der Waals surface area contributed by atoms with Crippen molar-refractivity contribution in [1.29, 1.82) is 0 Å². The molecule has 0 aromatic carbocycles. The van der Waals surface area contributed by atoms with E-state index < -0.39 is 0 Å². The smallest absolute Gasteiger partial charge is 0.271 e. The van der Waals surface area contributed by atoms with Crippen molar-refractivity contribution in [2.75, 3.05) is 13.2 Å². The third-order valence-corrected chi connectivity index (χ3v) is 2.04. The number of nitrogens with zero attached hydrogens (tertiary/aromatic N) is 3. The zero-order valence-corrected chi connectivity index (χ0v) is 7.99. The van der Waals surface area contributed by atoms with Crippen LogP contribution in [-0.4, -0.2) is 39.3 Å². The SMILES string of the molecule is CCc1nc(C(=O)N2CCCO2)n[nH]1. The molecule has 0 aliphatic carbocycles. The normalized spacial score (nSPS) is 16.2. The molecule has 0 radical (unpaired) electrons. The van der Waals surface area contributed by atoms with Gasteiger partial charge in [0.25, 0.3) is 0 Å². The molecule has 1 aromatic heterocycles. The molecule has 6 heteroatoms. The number of aryl methyl sites for hydroxylation is 1. The fourth-order valence-electron chi connectivity index (χ4n) is 1.27. The molecule has 1 aliphatic heterocycles. The van der Waals surface area contributed by atoms with Crippen molar-refractivity contribution < 1.29 is 9.63 Å². The van der Waals surface area contributed by atoms with Crippen molar-refractivity contribution in [3.05, 3.63) is 11.6 Å². The number of nitrogens with one attached hydrogen (secondary N) is 1. The lowest BCUT2D eigenvalue weighted by Crippen LogP contribution is -2.27. The minimum atomic E-state index is -0.265. The molecule has 1 amide bonds. The highest BCUT2D eigenvalue weighted by molar-refractivity contribution is 5.89. The van der Waals surface area contributed by atoms with Gasteiger partial charge in [-0.15, -0.1) is 5.10 Å². The van der Waals surface area contributed by atoms with Crippen LogP contribution in [0.5, 0.6) is 0 Å². The number of rotatable bonds is 2. The Morgan fingerprint density at radius 2 is 2.57 bits per heavy atom. The highest BCUT2D eigenvalue weighted by Crippen LogP contribution is 2.08. The van der Waals surface area contributed by atoms with Gasteiger partial charge in [0.15, 0.2) is 0 Å². The van der Waals surface area contributed by atoms with Crippen LogP contribution in [0, 0.1) is 0 Å². The molecule has 14 heavy (non-hydrogen) atoms. The van der Waals surface area contributed by atoms with Crippen molar-refractivity contribution >= 4 is 5.91 Å². The second kappa shape index (κ2) is 3.75. The number of aromatic amines is 1. The van der Waals surface area contributed by atoms with E-state index in [0.29, 0.717) is 19.0 Å². The Morgan fingerprint density at radius 1 is 1.71 bits per heavy atom. The van der Waals surface area contributed by atoms with Gasteiger partial charge in [0, 0.05) is 6.42 Å². The maximum Gasteiger partial charge on any atom is 0.317 e. The van der Waals surface area contributed by atoms with Crippen LogP contribution in [0.4, 0.5) is 0 Å². The fourth-order valence-corrected chi connectivity index (χ4v) is 1.27. The lowest BCUT2D eigenvalue weighted by Gasteiger charge is -2.10. The average Bonchev–Trinajstić information content (AvgIpc) is 2.88. The van der Waals surface area contributed by atoms with E-state index in [-0.39, 0.29) is 11.7 Å². The van der Waals surface area contributed by atoms with Gasteiger partial charge < -0.3 is 0 Å². The summed E-state index contributed by atoms with van der Waals surface area (Å²) in [5.74, 6) is 0.634. The summed E-state index contributed by atoms with van der Waals surface area (Å²) in [7, 11) is 0. The van der Waals surface area contributed by atoms with Gasteiger partial charge in [-0.1, -0.05) is 6.92 Å². The van der Waals surface area contributed by atoms with E-state index in [1.54, 1.807) is 0 Å². The summed E-state index contributed by atoms with van der Waals surface area (Å²) in [6, 6.07) is 0. The van der Waals surface area contributed by atoms with Crippen molar-refractivity contribution in [2.24, 2.45) is 0 Å². The van der Waals surface area contributed by atoms with E-state index >= 15 is 0 Å². The van der Waals surface area contributed by atoms with Crippen LogP contribution in [-0.2, 0) is 11.3 Å². The van der Waals surface area contributed by atoms with Crippen molar-refractivity contribution in [3.63, 3.8) is 0 Å². The molecule has 0 atom stereocenters. The maximum absolute atomic E-state index is 11.6. The molecule has 0 unspecified atom stereocenters. The molecule has 2 heterocycles. The Labute approximate surface area is 81.2 Å². The number of carbonyl (C=O) groups is 1. The van der Waals surface area contributed by atoms with Gasteiger partial charge in [-0.25, -0.2) is 10.0 Å². The van der Waals surface area contributed by atoms with Crippen LogP contribution in [0.15, 0.2) is 0 Å². The van der Waals surface area contributed by atoms with Crippen LogP contribution in [0.3, 0.4) is 0 Å². The molecule has 0 bridgehead atoms. The molecule has 1 aromatic rings. The first kappa shape index (κ1) is 9.14. The van der Waals surface area contributed by atoms with Crippen LogP contribution in [0.1, 0.15) is 29.8 Å². The summed E-state index contributed by atoms with van der Waals surface area (Å²) in [4.78, 5) is 20.8. The van der Waals surface area contributed by atoms with Gasteiger partial charge in [0.2, 0.25) is 5.82 Å². The summed E-state index contributed by atoms with van der Waals surface area (Å²) in [6.07, 6.45) is 1.61. The molecule has 2 rings (SSSR count). The van der Waals surface area contributed by atoms with E-state index in [0.717, 1.165) is 12.8 Å². The molecule has 1 fully saturated rings. The summed E-state index contributed by atoms with van der Waals surface area (Å²) < 4.78 is 0. The van der Waals surface area contributed by atoms with Gasteiger partial charge in [0.1, 0.15) is 5.82 Å². The molecule has 0 saturated carbocycles. The summed E-state index contributed by atoms with van der Waals surface area (Å²) in [5, 5.41) is 7.83. The zero-order chi connectivity index (χ0) is 9.97. The molecular weight excluding hydrogens is 184 g/mol. The lowest BCUT2D eigenvalue weighted by molar-refractivity contribution is -0.0775. The van der Waals surface area contributed by atoms with Crippen molar-refractivity contribution in [2.45, 2.75) is 19.8 Å². The number of H-pyrrole nitrogens is 1.